The molecule has 5 nitrogen and oxygen atoms in total. The van der Waals surface area contributed by atoms with Crippen LogP contribution in [0, 0.1) is 4.91 Å². The Labute approximate surface area is 39.3 Å². The molecule has 1 aliphatic heterocycles. The SMILES string of the molecule is O=NC1=NNOC1. The van der Waals surface area contributed by atoms with Gasteiger partial charge in [-0.15, -0.1) is 10.0 Å². The summed E-state index contributed by atoms with van der Waals surface area (Å²) < 4.78 is 0. The first-order valence-corrected chi connectivity index (χ1v) is 1.70. The number of nitrogens with one attached hydrogen (secondary N) is 1. The van der Waals surface area contributed by atoms with Gasteiger partial charge < -0.3 is 0 Å². The molecule has 0 aromatic carbocycles. The van der Waals surface area contributed by atoms with E-state index in [4.69, 9.17) is 0 Å². The Balaban J connectivity index is 2.51. The number of hydrogen-bond acceptors (Lipinski definition) is 5. The summed E-state index contributed by atoms with van der Waals surface area (Å²) in [4.78, 5) is 13.9. The van der Waals surface area contributed by atoms with Crippen LogP contribution in [0.5, 0.6) is 0 Å². The molecule has 1 heterocycles. The van der Waals surface area contributed by atoms with Gasteiger partial charge in [-0.2, -0.15) is 5.59 Å². The van der Waals surface area contributed by atoms with E-state index < -0.39 is 0 Å². The van der Waals surface area contributed by atoms with Crippen molar-refractivity contribution < 1.29 is 4.84 Å². The van der Waals surface area contributed by atoms with E-state index in [0.717, 1.165) is 0 Å². The average Bonchev–Trinajstić information content (AvgIpc) is 2.14. The van der Waals surface area contributed by atoms with E-state index in [1.54, 1.807) is 0 Å². The lowest BCUT2D eigenvalue weighted by molar-refractivity contribution is 0.0941. The van der Waals surface area contributed by atoms with Crippen LogP contribution in [-0.2, 0) is 4.84 Å². The molecule has 0 amide bonds. The monoisotopic (exact) mass is 101 g/mol. The molecular formula is C2H3N3O2. The molecule has 0 saturated carbocycles. The smallest absolute Gasteiger partial charge is 0.223 e. The molecule has 1 aliphatic rings. The number of amidine groups is 1. The van der Waals surface area contributed by atoms with Crippen molar-refractivity contribution in [1.29, 1.82) is 0 Å². The maximum atomic E-state index is 9.51. The normalized spacial score (nSPS) is 18.0. The highest BCUT2D eigenvalue weighted by atomic mass is 16.7. The quantitative estimate of drug-likeness (QED) is 0.422. The summed E-state index contributed by atoms with van der Waals surface area (Å²) in [6.07, 6.45) is 0. The van der Waals surface area contributed by atoms with Gasteiger partial charge in [0.15, 0.2) is 0 Å². The Morgan fingerprint density at radius 1 is 2.00 bits per heavy atom. The second kappa shape index (κ2) is 1.65. The molecule has 38 valence electrons. The topological polar surface area (TPSA) is 63.0 Å². The van der Waals surface area contributed by atoms with Crippen molar-refractivity contribution in [2.75, 3.05) is 6.61 Å². The first kappa shape index (κ1) is 4.20. The Kier molecular flexibility index (Phi) is 0.991. The molecule has 0 spiro atoms. The molecule has 0 atom stereocenters. The minimum Gasteiger partial charge on any atom is -0.251 e. The van der Waals surface area contributed by atoms with E-state index in [2.05, 4.69) is 20.7 Å². The minimum absolute atomic E-state index is 0.153. The van der Waals surface area contributed by atoms with Crippen molar-refractivity contribution in [1.82, 2.24) is 5.59 Å². The zero-order valence-corrected chi connectivity index (χ0v) is 3.42. The van der Waals surface area contributed by atoms with Gasteiger partial charge in [-0.25, -0.2) is 0 Å². The molecule has 5 heteroatoms. The van der Waals surface area contributed by atoms with Crippen LogP contribution in [0.2, 0.25) is 0 Å². The zero-order chi connectivity index (χ0) is 5.11. The first-order chi connectivity index (χ1) is 3.43. The third kappa shape index (κ3) is 0.716. The number of hydrazone groups is 1. The average molecular weight is 101 g/mol. The van der Waals surface area contributed by atoms with Crippen LogP contribution in [0.15, 0.2) is 10.3 Å². The van der Waals surface area contributed by atoms with Crippen molar-refractivity contribution in [2.45, 2.75) is 0 Å². The molecule has 1 N–H and O–H groups in total. The fraction of sp³-hybridized carbons (Fsp3) is 0.500. The molecule has 0 fully saturated rings. The summed E-state index contributed by atoms with van der Waals surface area (Å²) in [7, 11) is 0. The molecule has 0 aromatic rings. The van der Waals surface area contributed by atoms with Crippen LogP contribution >= 0.6 is 0 Å². The lowest BCUT2D eigenvalue weighted by atomic mass is 10.7. The van der Waals surface area contributed by atoms with Crippen LogP contribution in [0.3, 0.4) is 0 Å². The summed E-state index contributed by atoms with van der Waals surface area (Å²) in [5, 5.41) is 5.82. The predicted octanol–water partition coefficient (Wildman–Crippen LogP) is -0.399. The van der Waals surface area contributed by atoms with Gasteiger partial charge in [0, 0.05) is 0 Å². The summed E-state index contributed by atoms with van der Waals surface area (Å²) >= 11 is 0. The Morgan fingerprint density at radius 2 is 2.86 bits per heavy atom. The first-order valence-electron chi connectivity index (χ1n) is 1.70. The van der Waals surface area contributed by atoms with E-state index in [1.165, 1.54) is 0 Å². The lowest BCUT2D eigenvalue weighted by Gasteiger charge is -1.79. The summed E-state index contributed by atoms with van der Waals surface area (Å²) in [6.45, 7) is 0.170. The Morgan fingerprint density at radius 3 is 3.14 bits per heavy atom. The van der Waals surface area contributed by atoms with Crippen LogP contribution < -0.4 is 5.59 Å². The molecule has 0 unspecified atom stereocenters. The van der Waals surface area contributed by atoms with Gasteiger partial charge in [-0.3, -0.25) is 4.84 Å². The zero-order valence-electron chi connectivity index (χ0n) is 3.42. The van der Waals surface area contributed by atoms with Crippen molar-refractivity contribution in [3.8, 4) is 0 Å². The van der Waals surface area contributed by atoms with Crippen LogP contribution in [0.4, 0.5) is 0 Å². The maximum Gasteiger partial charge on any atom is 0.223 e. The third-order valence-corrected chi connectivity index (χ3v) is 0.546. The molecule has 0 bridgehead atoms. The fourth-order valence-corrected chi connectivity index (χ4v) is 0.261. The van der Waals surface area contributed by atoms with Crippen LogP contribution in [0.1, 0.15) is 0 Å². The van der Waals surface area contributed by atoms with Crippen molar-refractivity contribution in [3.05, 3.63) is 4.91 Å². The second-order valence-electron chi connectivity index (χ2n) is 0.999. The highest BCUT2D eigenvalue weighted by Crippen LogP contribution is 1.86. The van der Waals surface area contributed by atoms with E-state index >= 15 is 0 Å². The maximum absolute atomic E-state index is 9.51. The molecule has 1 rings (SSSR count). The summed E-state index contributed by atoms with van der Waals surface area (Å²) in [6, 6.07) is 0. The van der Waals surface area contributed by atoms with E-state index in [0.29, 0.717) is 0 Å². The minimum atomic E-state index is 0.153. The Bertz CT molecular complexity index is 110. The molecule has 0 aliphatic carbocycles. The third-order valence-electron chi connectivity index (χ3n) is 0.546. The summed E-state index contributed by atoms with van der Waals surface area (Å²) in [5.74, 6) is 0.153. The largest absolute Gasteiger partial charge is 0.251 e. The van der Waals surface area contributed by atoms with E-state index in [1.807, 2.05) is 0 Å². The van der Waals surface area contributed by atoms with Gasteiger partial charge in [0.1, 0.15) is 6.61 Å². The number of nitroso groups, excluding NO2 is 1. The highest BCUT2D eigenvalue weighted by Gasteiger charge is 2.03. The molecule has 0 aromatic heterocycles. The molecule has 7 heavy (non-hydrogen) atoms. The Hall–Kier alpha value is -0.970. The van der Waals surface area contributed by atoms with Crippen molar-refractivity contribution >= 4 is 5.84 Å². The van der Waals surface area contributed by atoms with Crippen LogP contribution in [0.25, 0.3) is 0 Å². The standard InChI is InChI=1S/C2H3N3O2/c6-4-2-1-7-5-3-2/h5H,1H2. The fourth-order valence-electron chi connectivity index (χ4n) is 0.261. The van der Waals surface area contributed by atoms with Crippen molar-refractivity contribution in [3.63, 3.8) is 0 Å². The second-order valence-corrected chi connectivity index (χ2v) is 0.999. The van der Waals surface area contributed by atoms with Gasteiger partial charge in [0.2, 0.25) is 5.84 Å². The van der Waals surface area contributed by atoms with Crippen LogP contribution in [-0.4, -0.2) is 12.4 Å². The van der Waals surface area contributed by atoms with Gasteiger partial charge >= 0.3 is 0 Å². The van der Waals surface area contributed by atoms with E-state index in [9.17, 15) is 4.91 Å². The molecular weight excluding hydrogens is 98.0 g/mol. The number of rotatable bonds is 0. The molecule has 0 saturated heterocycles. The number of nitrogens with zero attached hydrogens (tertiary/aromatic N) is 2. The predicted molar refractivity (Wildman–Crippen MR) is 22.3 cm³/mol. The summed E-state index contributed by atoms with van der Waals surface area (Å²) in [5.41, 5.74) is 2.12. The molecule has 0 radical (unpaired) electrons. The van der Waals surface area contributed by atoms with Gasteiger partial charge in [0.25, 0.3) is 0 Å². The number of hydrogen-bond donors (Lipinski definition) is 1. The van der Waals surface area contributed by atoms with E-state index in [-0.39, 0.29) is 12.4 Å². The lowest BCUT2D eigenvalue weighted by Crippen LogP contribution is -1.98. The van der Waals surface area contributed by atoms with Crippen molar-refractivity contribution in [2.24, 2.45) is 10.3 Å². The van der Waals surface area contributed by atoms with Gasteiger partial charge in [-0.1, -0.05) is 0 Å². The van der Waals surface area contributed by atoms with Gasteiger partial charge in [0.05, 0.1) is 0 Å². The highest BCUT2D eigenvalue weighted by molar-refractivity contribution is 5.84. The van der Waals surface area contributed by atoms with Gasteiger partial charge in [-0.05, 0) is 5.18 Å².